The van der Waals surface area contributed by atoms with Crippen molar-refractivity contribution in [3.05, 3.63) is 36.7 Å². The molecule has 0 aliphatic rings. The Morgan fingerprint density at radius 3 is 2.43 bits per heavy atom. The highest BCUT2D eigenvalue weighted by atomic mass is 35.5. The van der Waals surface area contributed by atoms with Crippen LogP contribution in [0.15, 0.2) is 46.5 Å². The number of benzene rings is 1. The number of ether oxygens (including phenoxy) is 1. The van der Waals surface area contributed by atoms with Crippen LogP contribution in [0.5, 0.6) is 5.75 Å². The van der Waals surface area contributed by atoms with Crippen LogP contribution in [-0.2, 0) is 10.0 Å². The average molecular weight is 356 g/mol. The molecule has 0 unspecified atom stereocenters. The van der Waals surface area contributed by atoms with Crippen LogP contribution in [0.2, 0.25) is 0 Å². The summed E-state index contributed by atoms with van der Waals surface area (Å²) in [5, 5.41) is 0. The van der Waals surface area contributed by atoms with Gasteiger partial charge in [-0.2, -0.15) is 0 Å². The molecule has 1 heterocycles. The molecule has 3 N–H and O–H groups in total. The van der Waals surface area contributed by atoms with Crippen LogP contribution < -0.4 is 15.2 Å². The summed E-state index contributed by atoms with van der Waals surface area (Å²) in [6, 6.07) is 5.82. The number of hydrogen-bond acceptors (Lipinski definition) is 6. The van der Waals surface area contributed by atoms with E-state index in [4.69, 9.17) is 22.1 Å². The van der Waals surface area contributed by atoms with Crippen LogP contribution in [0.1, 0.15) is 0 Å². The number of nitrogens with one attached hydrogen (secondary N) is 1. The smallest absolute Gasteiger partial charge is 0.264 e. The lowest BCUT2D eigenvalue weighted by molar-refractivity contribution is 0.411. The third-order valence-corrected chi connectivity index (χ3v) is 4.26. The molecule has 8 nitrogen and oxygen atoms in total. The summed E-state index contributed by atoms with van der Waals surface area (Å²) in [5.74, 6) is 0.703. The maximum atomic E-state index is 12.2. The van der Waals surface area contributed by atoms with Crippen molar-refractivity contribution in [1.29, 1.82) is 0 Å². The third-order valence-electron chi connectivity index (χ3n) is 2.65. The number of hydrogen-bond donors (Lipinski definition) is 2. The summed E-state index contributed by atoms with van der Waals surface area (Å²) in [6.45, 7) is 0. The Balaban J connectivity index is 2.18. The minimum absolute atomic E-state index is 0.0420. The first-order chi connectivity index (χ1) is 10.9. The van der Waals surface area contributed by atoms with Crippen molar-refractivity contribution >= 4 is 39.1 Å². The lowest BCUT2D eigenvalue weighted by Crippen LogP contribution is -2.15. The summed E-state index contributed by atoms with van der Waals surface area (Å²) in [6.07, 6.45) is 2.72. The average Bonchev–Trinajstić information content (AvgIpc) is 2.55. The summed E-state index contributed by atoms with van der Waals surface area (Å²) in [7, 11) is -2.34. The van der Waals surface area contributed by atoms with Crippen molar-refractivity contribution in [3.63, 3.8) is 0 Å². The summed E-state index contributed by atoms with van der Waals surface area (Å²) < 4.78 is 31.7. The van der Waals surface area contributed by atoms with Crippen molar-refractivity contribution in [1.82, 2.24) is 9.97 Å². The van der Waals surface area contributed by atoms with E-state index in [-0.39, 0.29) is 22.6 Å². The SMILES string of the molecule is COc1cnc(NS(=O)(=O)c2ccc(N=C(N)CCl)cc2)nc1. The van der Waals surface area contributed by atoms with E-state index < -0.39 is 10.0 Å². The molecule has 23 heavy (non-hydrogen) atoms. The van der Waals surface area contributed by atoms with Crippen LogP contribution >= 0.6 is 11.6 Å². The Kier molecular flexibility index (Phi) is 5.35. The fourth-order valence-electron chi connectivity index (χ4n) is 1.55. The molecule has 2 rings (SSSR count). The van der Waals surface area contributed by atoms with E-state index in [1.165, 1.54) is 43.8 Å². The molecule has 0 saturated heterocycles. The molecule has 0 amide bonds. The Bertz CT molecular complexity index is 791. The van der Waals surface area contributed by atoms with Gasteiger partial charge < -0.3 is 10.5 Å². The second kappa shape index (κ2) is 7.25. The number of rotatable bonds is 6. The molecular formula is C13H14ClN5O3S. The summed E-state index contributed by atoms with van der Waals surface area (Å²) in [4.78, 5) is 11.8. The lowest BCUT2D eigenvalue weighted by Gasteiger charge is -2.07. The van der Waals surface area contributed by atoms with Crippen LogP contribution in [0.3, 0.4) is 0 Å². The van der Waals surface area contributed by atoms with Gasteiger partial charge in [-0.3, -0.25) is 0 Å². The fraction of sp³-hybridized carbons (Fsp3) is 0.154. The summed E-state index contributed by atoms with van der Waals surface area (Å²) in [5.41, 5.74) is 6.02. The Labute approximate surface area is 138 Å². The highest BCUT2D eigenvalue weighted by molar-refractivity contribution is 7.92. The van der Waals surface area contributed by atoms with E-state index in [0.717, 1.165) is 0 Å². The standard InChI is InChI=1S/C13H14ClN5O3S/c1-22-10-7-16-13(17-8-10)19-23(20,21)11-4-2-9(3-5-11)18-12(15)6-14/h2-5,7-8H,6H2,1H3,(H2,15,18)(H,16,17,19). The van der Waals surface area contributed by atoms with Crippen molar-refractivity contribution in [2.24, 2.45) is 10.7 Å². The van der Waals surface area contributed by atoms with Gasteiger partial charge in [0.25, 0.3) is 10.0 Å². The third kappa shape index (κ3) is 4.54. The Hall–Kier alpha value is -2.39. The molecule has 0 atom stereocenters. The molecule has 0 aliphatic heterocycles. The predicted molar refractivity (Wildman–Crippen MR) is 87.8 cm³/mol. The zero-order valence-corrected chi connectivity index (χ0v) is 13.7. The monoisotopic (exact) mass is 355 g/mol. The van der Waals surface area contributed by atoms with Gasteiger partial charge in [0.2, 0.25) is 5.95 Å². The number of anilines is 1. The van der Waals surface area contributed by atoms with Gasteiger partial charge in [0.1, 0.15) is 5.84 Å². The van der Waals surface area contributed by atoms with Gasteiger partial charge in [-0.1, -0.05) is 0 Å². The van der Waals surface area contributed by atoms with Crippen LogP contribution in [0, 0.1) is 0 Å². The Morgan fingerprint density at radius 1 is 1.30 bits per heavy atom. The maximum Gasteiger partial charge on any atom is 0.264 e. The zero-order valence-electron chi connectivity index (χ0n) is 12.1. The molecule has 0 fully saturated rings. The highest BCUT2D eigenvalue weighted by Crippen LogP contribution is 2.18. The quantitative estimate of drug-likeness (QED) is 0.460. The van der Waals surface area contributed by atoms with E-state index >= 15 is 0 Å². The summed E-state index contributed by atoms with van der Waals surface area (Å²) >= 11 is 5.53. The number of nitrogens with two attached hydrogens (primary N) is 1. The number of sulfonamides is 1. The number of amidine groups is 1. The fourth-order valence-corrected chi connectivity index (χ4v) is 2.57. The van der Waals surface area contributed by atoms with E-state index in [9.17, 15) is 8.42 Å². The van der Waals surface area contributed by atoms with Crippen molar-refractivity contribution in [3.8, 4) is 5.75 Å². The van der Waals surface area contributed by atoms with Crippen molar-refractivity contribution < 1.29 is 13.2 Å². The minimum Gasteiger partial charge on any atom is -0.494 e. The molecule has 1 aromatic heterocycles. The minimum atomic E-state index is -3.81. The maximum absolute atomic E-state index is 12.2. The van der Waals surface area contributed by atoms with E-state index in [1.807, 2.05) is 0 Å². The molecule has 0 saturated carbocycles. The highest BCUT2D eigenvalue weighted by Gasteiger charge is 2.15. The molecule has 10 heteroatoms. The van der Waals surface area contributed by atoms with Gasteiger partial charge in [0.15, 0.2) is 5.75 Å². The number of aliphatic imine (C=N–C) groups is 1. The lowest BCUT2D eigenvalue weighted by atomic mass is 10.3. The largest absolute Gasteiger partial charge is 0.494 e. The topological polar surface area (TPSA) is 120 Å². The van der Waals surface area contributed by atoms with E-state index in [2.05, 4.69) is 19.7 Å². The molecule has 0 spiro atoms. The number of nitrogens with zero attached hydrogens (tertiary/aromatic N) is 3. The first-order valence-corrected chi connectivity index (χ1v) is 8.34. The van der Waals surface area contributed by atoms with Crippen LogP contribution in [0.4, 0.5) is 11.6 Å². The Morgan fingerprint density at radius 2 is 1.91 bits per heavy atom. The van der Waals surface area contributed by atoms with Gasteiger partial charge in [-0.05, 0) is 24.3 Å². The van der Waals surface area contributed by atoms with Gasteiger partial charge in [0.05, 0.1) is 36.0 Å². The molecular weight excluding hydrogens is 342 g/mol. The number of halogens is 1. The van der Waals surface area contributed by atoms with Crippen molar-refractivity contribution in [2.75, 3.05) is 17.7 Å². The van der Waals surface area contributed by atoms with Gasteiger partial charge in [0, 0.05) is 0 Å². The van der Waals surface area contributed by atoms with E-state index in [1.54, 1.807) is 0 Å². The van der Waals surface area contributed by atoms with Crippen LogP contribution in [0.25, 0.3) is 0 Å². The zero-order chi connectivity index (χ0) is 16.9. The first-order valence-electron chi connectivity index (χ1n) is 6.32. The number of aromatic nitrogens is 2. The van der Waals surface area contributed by atoms with E-state index in [0.29, 0.717) is 11.4 Å². The number of methoxy groups -OCH3 is 1. The second-order valence-electron chi connectivity index (χ2n) is 4.28. The molecule has 0 radical (unpaired) electrons. The molecule has 122 valence electrons. The van der Waals surface area contributed by atoms with Gasteiger partial charge >= 0.3 is 0 Å². The van der Waals surface area contributed by atoms with Crippen LogP contribution in [-0.4, -0.2) is 37.2 Å². The molecule has 0 aliphatic carbocycles. The second-order valence-corrected chi connectivity index (χ2v) is 6.23. The predicted octanol–water partition coefficient (Wildman–Crippen LogP) is 1.51. The molecule has 2 aromatic rings. The first kappa shape index (κ1) is 17.0. The normalized spacial score (nSPS) is 12.0. The number of alkyl halides is 1. The van der Waals surface area contributed by atoms with Crippen molar-refractivity contribution in [2.45, 2.75) is 4.90 Å². The molecule has 1 aromatic carbocycles. The van der Waals surface area contributed by atoms with Gasteiger partial charge in [-0.15, -0.1) is 11.6 Å². The molecule has 0 bridgehead atoms. The van der Waals surface area contributed by atoms with Gasteiger partial charge in [-0.25, -0.2) is 28.1 Å².